The van der Waals surface area contributed by atoms with Gasteiger partial charge in [0, 0.05) is 18.7 Å². The Morgan fingerprint density at radius 2 is 2.04 bits per heavy atom. The van der Waals surface area contributed by atoms with Gasteiger partial charge in [0.25, 0.3) is 0 Å². The number of carbonyl (C=O) groups is 1. The minimum Gasteiger partial charge on any atom is -0.336 e. The van der Waals surface area contributed by atoms with Crippen molar-refractivity contribution < 1.29 is 4.79 Å². The molecule has 1 N–H and O–H groups in total. The van der Waals surface area contributed by atoms with E-state index in [1.165, 1.54) is 28.5 Å². The molecule has 2 heterocycles. The Balaban J connectivity index is 1.61. The summed E-state index contributed by atoms with van der Waals surface area (Å²) >= 11 is 1.53. The standard InChI is InChI=1S/C18H24N4OS/c1-12-9-13(2)11-15(10-12)16-5-4-7-22(16)17(23)6-8-24-18-19-14(3)20-21-18/h9-11,16H,4-8H2,1-3H3,(H,19,20,21)/t16-/m0/s1. The summed E-state index contributed by atoms with van der Waals surface area (Å²) in [7, 11) is 0. The van der Waals surface area contributed by atoms with Crippen LogP contribution in [0.2, 0.25) is 0 Å². The fourth-order valence-electron chi connectivity index (χ4n) is 3.37. The lowest BCUT2D eigenvalue weighted by Gasteiger charge is -2.25. The van der Waals surface area contributed by atoms with Crippen LogP contribution in [0.3, 0.4) is 0 Å². The lowest BCUT2D eigenvalue weighted by molar-refractivity contribution is -0.131. The third-order valence-corrected chi connectivity index (χ3v) is 5.17. The molecule has 0 spiro atoms. The van der Waals surface area contributed by atoms with Crippen LogP contribution in [0.25, 0.3) is 0 Å². The van der Waals surface area contributed by atoms with Crippen molar-refractivity contribution in [2.45, 2.75) is 51.2 Å². The van der Waals surface area contributed by atoms with Gasteiger partial charge in [-0.3, -0.25) is 9.89 Å². The second-order valence-corrected chi connectivity index (χ2v) is 7.53. The van der Waals surface area contributed by atoms with E-state index in [0.29, 0.717) is 17.3 Å². The van der Waals surface area contributed by atoms with Crippen LogP contribution in [0.5, 0.6) is 0 Å². The number of amides is 1. The van der Waals surface area contributed by atoms with Gasteiger partial charge in [0.2, 0.25) is 11.1 Å². The average Bonchev–Trinajstić information content (AvgIpc) is 3.15. The molecule has 0 radical (unpaired) electrons. The largest absolute Gasteiger partial charge is 0.336 e. The maximum atomic E-state index is 12.7. The molecule has 0 bridgehead atoms. The Hall–Kier alpha value is -1.82. The van der Waals surface area contributed by atoms with Crippen LogP contribution in [0.4, 0.5) is 0 Å². The minimum absolute atomic E-state index is 0.229. The zero-order valence-electron chi connectivity index (χ0n) is 14.5. The molecule has 1 aliphatic heterocycles. The van der Waals surface area contributed by atoms with Crippen LogP contribution >= 0.6 is 11.8 Å². The second kappa shape index (κ2) is 7.38. The number of thioether (sulfide) groups is 1. The molecule has 5 nitrogen and oxygen atoms in total. The number of H-pyrrole nitrogens is 1. The van der Waals surface area contributed by atoms with Crippen molar-refractivity contribution in [2.75, 3.05) is 12.3 Å². The summed E-state index contributed by atoms with van der Waals surface area (Å²) in [5, 5.41) is 7.63. The first kappa shape index (κ1) is 17.0. The van der Waals surface area contributed by atoms with Crippen molar-refractivity contribution >= 4 is 17.7 Å². The van der Waals surface area contributed by atoms with Crippen molar-refractivity contribution in [1.82, 2.24) is 20.1 Å². The third kappa shape index (κ3) is 3.98. The Morgan fingerprint density at radius 1 is 1.29 bits per heavy atom. The van der Waals surface area contributed by atoms with E-state index in [1.54, 1.807) is 0 Å². The molecule has 1 aromatic heterocycles. The fraction of sp³-hybridized carbons (Fsp3) is 0.500. The van der Waals surface area contributed by atoms with Crippen molar-refractivity contribution in [3.63, 3.8) is 0 Å². The molecule has 1 saturated heterocycles. The SMILES string of the molecule is Cc1cc(C)cc([C@@H]2CCCN2C(=O)CCSc2n[nH]c(C)n2)c1. The number of aromatic amines is 1. The topological polar surface area (TPSA) is 61.9 Å². The summed E-state index contributed by atoms with van der Waals surface area (Å²) in [4.78, 5) is 19.0. The van der Waals surface area contributed by atoms with E-state index in [0.717, 1.165) is 25.2 Å². The maximum Gasteiger partial charge on any atom is 0.223 e. The molecule has 2 aromatic rings. The number of aromatic nitrogens is 3. The Kier molecular flexibility index (Phi) is 5.23. The zero-order valence-corrected chi connectivity index (χ0v) is 15.3. The smallest absolute Gasteiger partial charge is 0.223 e. The number of nitrogens with one attached hydrogen (secondary N) is 1. The van der Waals surface area contributed by atoms with E-state index >= 15 is 0 Å². The van der Waals surface area contributed by atoms with Gasteiger partial charge in [-0.15, -0.1) is 5.10 Å². The highest BCUT2D eigenvalue weighted by atomic mass is 32.2. The second-order valence-electron chi connectivity index (χ2n) is 6.47. The molecular weight excluding hydrogens is 320 g/mol. The van der Waals surface area contributed by atoms with E-state index in [-0.39, 0.29) is 11.9 Å². The molecule has 24 heavy (non-hydrogen) atoms. The van der Waals surface area contributed by atoms with Gasteiger partial charge in [0.05, 0.1) is 6.04 Å². The van der Waals surface area contributed by atoms with Crippen molar-refractivity contribution in [1.29, 1.82) is 0 Å². The molecule has 0 aliphatic carbocycles. The minimum atomic E-state index is 0.229. The lowest BCUT2D eigenvalue weighted by atomic mass is 9.99. The number of carbonyl (C=O) groups excluding carboxylic acids is 1. The van der Waals surface area contributed by atoms with E-state index in [4.69, 9.17) is 0 Å². The van der Waals surface area contributed by atoms with Crippen LogP contribution in [-0.4, -0.2) is 38.3 Å². The predicted molar refractivity (Wildman–Crippen MR) is 96.1 cm³/mol. The number of aryl methyl sites for hydroxylation is 3. The van der Waals surface area contributed by atoms with Gasteiger partial charge < -0.3 is 4.90 Å². The zero-order chi connectivity index (χ0) is 17.1. The number of hydrogen-bond donors (Lipinski definition) is 1. The lowest BCUT2D eigenvalue weighted by Crippen LogP contribution is -2.30. The predicted octanol–water partition coefficient (Wildman–Crippen LogP) is 3.58. The summed E-state index contributed by atoms with van der Waals surface area (Å²) in [6.45, 7) is 6.97. The van der Waals surface area contributed by atoms with Gasteiger partial charge in [-0.2, -0.15) is 0 Å². The van der Waals surface area contributed by atoms with Gasteiger partial charge in [-0.05, 0) is 39.2 Å². The van der Waals surface area contributed by atoms with Gasteiger partial charge >= 0.3 is 0 Å². The van der Waals surface area contributed by atoms with Crippen molar-refractivity contribution in [3.05, 3.63) is 40.7 Å². The molecule has 0 saturated carbocycles. The number of likely N-dealkylation sites (tertiary alicyclic amines) is 1. The number of rotatable bonds is 5. The van der Waals surface area contributed by atoms with Crippen LogP contribution < -0.4 is 0 Å². The molecule has 6 heteroatoms. The summed E-state index contributed by atoms with van der Waals surface area (Å²) in [5.41, 5.74) is 3.80. The molecule has 1 amide bonds. The van der Waals surface area contributed by atoms with Gasteiger partial charge in [-0.25, -0.2) is 4.98 Å². The van der Waals surface area contributed by atoms with Crippen LogP contribution in [-0.2, 0) is 4.79 Å². The monoisotopic (exact) mass is 344 g/mol. The Bertz CT molecular complexity index is 707. The van der Waals surface area contributed by atoms with E-state index in [1.807, 2.05) is 6.92 Å². The fourth-order valence-corrected chi connectivity index (χ4v) is 4.14. The summed E-state index contributed by atoms with van der Waals surface area (Å²) in [6, 6.07) is 6.84. The molecule has 1 aromatic carbocycles. The summed E-state index contributed by atoms with van der Waals surface area (Å²) in [6.07, 6.45) is 2.66. The van der Waals surface area contributed by atoms with E-state index in [9.17, 15) is 4.79 Å². The molecule has 1 atom stereocenters. The van der Waals surface area contributed by atoms with E-state index in [2.05, 4.69) is 52.1 Å². The van der Waals surface area contributed by atoms with Crippen molar-refractivity contribution in [3.8, 4) is 0 Å². The van der Waals surface area contributed by atoms with Gasteiger partial charge in [-0.1, -0.05) is 41.1 Å². The molecule has 1 fully saturated rings. The van der Waals surface area contributed by atoms with Crippen LogP contribution in [0.15, 0.2) is 23.4 Å². The summed E-state index contributed by atoms with van der Waals surface area (Å²) in [5.74, 6) is 1.75. The number of hydrogen-bond acceptors (Lipinski definition) is 4. The Labute approximate surface area is 147 Å². The molecule has 1 aliphatic rings. The van der Waals surface area contributed by atoms with Gasteiger partial charge in [0.1, 0.15) is 5.82 Å². The van der Waals surface area contributed by atoms with Gasteiger partial charge in [0.15, 0.2) is 0 Å². The molecule has 3 rings (SSSR count). The first-order valence-electron chi connectivity index (χ1n) is 8.42. The normalized spacial score (nSPS) is 17.5. The quantitative estimate of drug-likeness (QED) is 0.842. The third-order valence-electron chi connectivity index (χ3n) is 4.33. The molecule has 0 unspecified atom stereocenters. The first-order valence-corrected chi connectivity index (χ1v) is 9.41. The molecule has 128 valence electrons. The molecular formula is C18H24N4OS. The van der Waals surface area contributed by atoms with Crippen LogP contribution in [0.1, 0.15) is 47.8 Å². The highest BCUT2D eigenvalue weighted by Gasteiger charge is 2.29. The van der Waals surface area contributed by atoms with E-state index < -0.39 is 0 Å². The van der Waals surface area contributed by atoms with Crippen molar-refractivity contribution in [2.24, 2.45) is 0 Å². The number of nitrogens with zero attached hydrogens (tertiary/aromatic N) is 3. The Morgan fingerprint density at radius 3 is 2.71 bits per heavy atom. The highest BCUT2D eigenvalue weighted by Crippen LogP contribution is 2.33. The summed E-state index contributed by atoms with van der Waals surface area (Å²) < 4.78 is 0. The number of benzene rings is 1. The average molecular weight is 344 g/mol. The first-order chi connectivity index (χ1) is 11.5. The highest BCUT2D eigenvalue weighted by molar-refractivity contribution is 7.99. The van der Waals surface area contributed by atoms with Crippen LogP contribution in [0, 0.1) is 20.8 Å². The maximum absolute atomic E-state index is 12.7.